The number of nitrogens with two attached hydrogens (primary N) is 1. The molecule has 3 nitrogen and oxygen atoms in total. The van der Waals surface area contributed by atoms with Crippen molar-refractivity contribution in [1.29, 1.82) is 10.7 Å². The maximum Gasteiger partial charge on any atom is 0.416 e. The number of hydrogen-bond acceptors (Lipinski definition) is 4. The monoisotopic (exact) mass is 335 g/mol. The van der Waals surface area contributed by atoms with E-state index >= 15 is 0 Å². The Morgan fingerprint density at radius 3 is 2.35 bits per heavy atom. The summed E-state index contributed by atoms with van der Waals surface area (Å²) in [7, 11) is 0. The van der Waals surface area contributed by atoms with E-state index in [0.29, 0.717) is 10.6 Å². The Balaban J connectivity index is 2.36. The van der Waals surface area contributed by atoms with Gasteiger partial charge in [0, 0.05) is 10.6 Å². The minimum Gasteiger partial charge on any atom is -0.398 e. The first-order chi connectivity index (χ1) is 10.8. The first-order valence-corrected chi connectivity index (χ1v) is 7.32. The van der Waals surface area contributed by atoms with Gasteiger partial charge in [-0.05, 0) is 23.8 Å². The maximum atomic E-state index is 13.1. The summed E-state index contributed by atoms with van der Waals surface area (Å²) in [6, 6.07) is 13.3. The van der Waals surface area contributed by atoms with Gasteiger partial charge in [-0.25, -0.2) is 0 Å². The highest BCUT2D eigenvalue weighted by atomic mass is 32.2. The maximum absolute atomic E-state index is 13.1. The number of halogens is 3. The van der Waals surface area contributed by atoms with Crippen molar-refractivity contribution in [3.05, 3.63) is 59.7 Å². The summed E-state index contributed by atoms with van der Waals surface area (Å²) >= 11 is 0.886. The van der Waals surface area contributed by atoms with Gasteiger partial charge in [0.15, 0.2) is 0 Å². The largest absolute Gasteiger partial charge is 0.416 e. The molecular weight excluding hydrogens is 323 g/mol. The van der Waals surface area contributed by atoms with Crippen molar-refractivity contribution in [2.45, 2.75) is 17.0 Å². The van der Waals surface area contributed by atoms with E-state index in [1.165, 1.54) is 18.2 Å². The van der Waals surface area contributed by atoms with E-state index < -0.39 is 17.7 Å². The van der Waals surface area contributed by atoms with Crippen molar-refractivity contribution in [3.8, 4) is 6.07 Å². The molecule has 0 aliphatic rings. The first kappa shape index (κ1) is 16.9. The highest BCUT2D eigenvalue weighted by Gasteiger charge is 2.36. The highest BCUT2D eigenvalue weighted by molar-refractivity contribution is 8.14. The zero-order valence-electron chi connectivity index (χ0n) is 11.8. The van der Waals surface area contributed by atoms with Crippen LogP contribution in [0.4, 0.5) is 18.9 Å². The Morgan fingerprint density at radius 1 is 1.13 bits per heavy atom. The van der Waals surface area contributed by atoms with Crippen LogP contribution in [-0.2, 0) is 6.18 Å². The van der Waals surface area contributed by atoms with Gasteiger partial charge in [-0.15, -0.1) is 0 Å². The Hall–Kier alpha value is -2.46. The lowest BCUT2D eigenvalue weighted by Crippen LogP contribution is -2.15. The molecule has 0 bridgehead atoms. The number of nitrogens with one attached hydrogen (secondary N) is 1. The summed E-state index contributed by atoms with van der Waals surface area (Å²) in [6.45, 7) is 0. The summed E-state index contributed by atoms with van der Waals surface area (Å²) in [6.07, 6.45) is -4.58. The Kier molecular flexibility index (Phi) is 4.96. The molecule has 0 saturated heterocycles. The number of thioether (sulfide) groups is 1. The third kappa shape index (κ3) is 3.85. The van der Waals surface area contributed by atoms with Gasteiger partial charge in [0.2, 0.25) is 0 Å². The van der Waals surface area contributed by atoms with Gasteiger partial charge in [0.25, 0.3) is 0 Å². The lowest BCUT2D eigenvalue weighted by Gasteiger charge is -2.17. The summed E-state index contributed by atoms with van der Waals surface area (Å²) in [5.74, 6) is -1.31. The number of rotatable bonds is 3. The molecule has 0 spiro atoms. The average Bonchev–Trinajstić information content (AvgIpc) is 2.50. The summed E-state index contributed by atoms with van der Waals surface area (Å²) < 4.78 is 39.3. The van der Waals surface area contributed by atoms with E-state index in [-0.39, 0.29) is 10.6 Å². The molecule has 0 aliphatic heterocycles. The zero-order valence-corrected chi connectivity index (χ0v) is 12.6. The molecule has 118 valence electrons. The zero-order chi connectivity index (χ0) is 17.0. The van der Waals surface area contributed by atoms with Crippen LogP contribution in [-0.4, -0.2) is 5.04 Å². The van der Waals surface area contributed by atoms with Crippen molar-refractivity contribution in [2.24, 2.45) is 0 Å². The van der Waals surface area contributed by atoms with Crippen LogP contribution in [0.25, 0.3) is 0 Å². The molecule has 1 atom stereocenters. The molecule has 1 unspecified atom stereocenters. The summed E-state index contributed by atoms with van der Waals surface area (Å²) in [5, 5.41) is 17.1. The number of anilines is 1. The number of nitrogens with zero attached hydrogens (tertiary/aromatic N) is 1. The number of hydrogen-bond donors (Lipinski definition) is 2. The fraction of sp³-hybridized carbons (Fsp3) is 0.125. The second-order valence-corrected chi connectivity index (χ2v) is 5.74. The Bertz CT molecular complexity index is 766. The van der Waals surface area contributed by atoms with Gasteiger partial charge in [0.05, 0.1) is 16.7 Å². The van der Waals surface area contributed by atoms with Crippen LogP contribution in [0.3, 0.4) is 0 Å². The van der Waals surface area contributed by atoms with Crippen LogP contribution >= 0.6 is 11.8 Å². The van der Waals surface area contributed by atoms with E-state index in [4.69, 9.17) is 11.1 Å². The molecule has 2 rings (SSSR count). The molecule has 23 heavy (non-hydrogen) atoms. The van der Waals surface area contributed by atoms with E-state index in [0.717, 1.165) is 17.8 Å². The molecule has 0 heterocycles. The highest BCUT2D eigenvalue weighted by Crippen LogP contribution is 2.38. The third-order valence-electron chi connectivity index (χ3n) is 3.11. The summed E-state index contributed by atoms with van der Waals surface area (Å²) in [5.41, 5.74) is 5.04. The number of benzene rings is 2. The van der Waals surface area contributed by atoms with E-state index in [1.54, 1.807) is 30.3 Å². The lowest BCUT2D eigenvalue weighted by atomic mass is 9.95. The molecular formula is C16H12F3N3S. The minimum atomic E-state index is -4.58. The second-order valence-electron chi connectivity index (χ2n) is 4.65. The molecule has 7 heteroatoms. The topological polar surface area (TPSA) is 73.7 Å². The second kappa shape index (κ2) is 6.75. The number of nitriles is 1. The quantitative estimate of drug-likeness (QED) is 0.371. The van der Waals surface area contributed by atoms with E-state index in [1.807, 2.05) is 0 Å². The van der Waals surface area contributed by atoms with Crippen molar-refractivity contribution >= 4 is 22.5 Å². The number of alkyl halides is 3. The first-order valence-electron chi connectivity index (χ1n) is 6.51. The molecule has 0 amide bonds. The molecule has 2 aromatic carbocycles. The lowest BCUT2D eigenvalue weighted by molar-refractivity contribution is -0.138. The van der Waals surface area contributed by atoms with Gasteiger partial charge in [-0.2, -0.15) is 18.4 Å². The standard InChI is InChI=1S/C16H12F3N3S/c17-16(18,19)12-6-2-1-5-10(12)11(9-20)15(22)23-14-8-4-3-7-13(14)21/h1-8,11,22H,21H2. The molecule has 0 saturated carbocycles. The number of para-hydroxylation sites is 1. The molecule has 0 aromatic heterocycles. The van der Waals surface area contributed by atoms with Crippen molar-refractivity contribution < 1.29 is 13.2 Å². The van der Waals surface area contributed by atoms with Crippen LogP contribution in [0.15, 0.2) is 53.4 Å². The van der Waals surface area contributed by atoms with Crippen LogP contribution in [0, 0.1) is 16.7 Å². The van der Waals surface area contributed by atoms with Gasteiger partial charge in [0.1, 0.15) is 5.92 Å². The molecule has 0 fully saturated rings. The smallest absolute Gasteiger partial charge is 0.398 e. The van der Waals surface area contributed by atoms with Crippen molar-refractivity contribution in [1.82, 2.24) is 0 Å². The summed E-state index contributed by atoms with van der Waals surface area (Å²) in [4.78, 5) is 0.530. The van der Waals surface area contributed by atoms with Gasteiger partial charge in [-0.3, -0.25) is 5.41 Å². The Labute approximate surface area is 135 Å². The average molecular weight is 335 g/mol. The van der Waals surface area contributed by atoms with Crippen LogP contribution in [0.2, 0.25) is 0 Å². The molecule has 3 N–H and O–H groups in total. The van der Waals surface area contributed by atoms with Crippen molar-refractivity contribution in [3.63, 3.8) is 0 Å². The third-order valence-corrected chi connectivity index (χ3v) is 4.15. The number of nitrogen functional groups attached to an aromatic ring is 1. The van der Waals surface area contributed by atoms with Crippen LogP contribution in [0.1, 0.15) is 17.0 Å². The SMILES string of the molecule is N#CC(C(=N)Sc1ccccc1N)c1ccccc1C(F)(F)F. The van der Waals surface area contributed by atoms with Gasteiger partial charge < -0.3 is 5.73 Å². The van der Waals surface area contributed by atoms with Crippen LogP contribution in [0.5, 0.6) is 0 Å². The van der Waals surface area contributed by atoms with E-state index in [2.05, 4.69) is 0 Å². The fourth-order valence-corrected chi connectivity index (χ4v) is 2.89. The molecule has 2 aromatic rings. The minimum absolute atomic E-state index is 0.206. The fourth-order valence-electron chi connectivity index (χ4n) is 2.03. The van der Waals surface area contributed by atoms with Gasteiger partial charge in [-0.1, -0.05) is 42.1 Å². The predicted molar refractivity (Wildman–Crippen MR) is 84.2 cm³/mol. The Morgan fingerprint density at radius 2 is 1.74 bits per heavy atom. The molecule has 0 radical (unpaired) electrons. The normalized spacial score (nSPS) is 12.4. The van der Waals surface area contributed by atoms with Crippen LogP contribution < -0.4 is 5.73 Å². The van der Waals surface area contributed by atoms with Crippen molar-refractivity contribution in [2.75, 3.05) is 5.73 Å². The van der Waals surface area contributed by atoms with Gasteiger partial charge >= 0.3 is 6.18 Å². The molecule has 0 aliphatic carbocycles. The predicted octanol–water partition coefficient (Wildman–Crippen LogP) is 4.66. The van der Waals surface area contributed by atoms with E-state index in [9.17, 15) is 18.4 Å².